The van der Waals surface area contributed by atoms with E-state index in [9.17, 15) is 9.59 Å². The van der Waals surface area contributed by atoms with Gasteiger partial charge in [0.05, 0.1) is 6.33 Å². The van der Waals surface area contributed by atoms with E-state index in [1.165, 1.54) is 12.4 Å². The normalized spacial score (nSPS) is 12.9. The maximum absolute atomic E-state index is 11.8. The van der Waals surface area contributed by atoms with Crippen LogP contribution in [0.1, 0.15) is 4.95 Å². The molecule has 2 aromatic rings. The maximum atomic E-state index is 11.8. The Morgan fingerprint density at radius 2 is 2.33 bits per heavy atom. The third-order valence-corrected chi connectivity index (χ3v) is 2.74. The minimum absolute atomic E-state index is 0.255. The quantitative estimate of drug-likeness (QED) is 0.616. The van der Waals surface area contributed by atoms with Gasteiger partial charge in [-0.2, -0.15) is 0 Å². The predicted octanol–water partition coefficient (Wildman–Crippen LogP) is 0.492. The zero-order valence-corrected chi connectivity index (χ0v) is 9.11. The highest BCUT2D eigenvalue weighted by atomic mass is 79.9. The topological polar surface area (TPSA) is 83.5 Å². The minimum Gasteiger partial charge on any atom is -0.339 e. The van der Waals surface area contributed by atoms with Crippen molar-refractivity contribution < 1.29 is 0 Å². The second-order valence-corrected chi connectivity index (χ2v) is 3.78. The highest BCUT2D eigenvalue weighted by Gasteiger charge is 2.13. The molecule has 15 heavy (non-hydrogen) atoms. The smallest absolute Gasteiger partial charge is 0.331 e. The number of aromatic amines is 2. The molecule has 0 radical (unpaired) electrons. The molecular weight excluding hydrogens is 264 g/mol. The van der Waals surface area contributed by atoms with Crippen LogP contribution in [-0.2, 0) is 0 Å². The minimum atomic E-state index is -0.540. The first-order valence-corrected chi connectivity index (χ1v) is 5.01. The van der Waals surface area contributed by atoms with Crippen LogP contribution in [0.15, 0.2) is 28.6 Å². The molecule has 2 heterocycles. The summed E-state index contributed by atoms with van der Waals surface area (Å²) in [5, 5.41) is 0. The van der Waals surface area contributed by atoms with Crippen molar-refractivity contribution in [2.45, 2.75) is 4.95 Å². The maximum Gasteiger partial charge on any atom is 0.331 e. The molecule has 0 aliphatic heterocycles. The molecule has 0 bridgehead atoms. The number of hydrogen-bond acceptors (Lipinski definition) is 3. The van der Waals surface area contributed by atoms with Crippen molar-refractivity contribution in [1.82, 2.24) is 19.5 Å². The Morgan fingerprint density at radius 1 is 1.60 bits per heavy atom. The summed E-state index contributed by atoms with van der Waals surface area (Å²) in [4.78, 5) is 31.7. The molecule has 0 aliphatic carbocycles. The zero-order chi connectivity index (χ0) is 11.0. The molecule has 2 aromatic heterocycles. The third kappa shape index (κ3) is 1.44. The molecule has 1 unspecified atom stereocenters. The summed E-state index contributed by atoms with van der Waals surface area (Å²) in [5.41, 5.74) is -0.444. The number of fused-ring (bicyclic) bond motifs is 1. The average molecular weight is 271 g/mol. The number of allylic oxidation sites excluding steroid dienone is 1. The van der Waals surface area contributed by atoms with E-state index in [4.69, 9.17) is 0 Å². The molecule has 0 aliphatic rings. The van der Waals surface area contributed by atoms with Crippen LogP contribution in [0.2, 0.25) is 0 Å². The van der Waals surface area contributed by atoms with Crippen LogP contribution in [0.4, 0.5) is 0 Å². The molecule has 0 saturated carbocycles. The lowest BCUT2D eigenvalue weighted by molar-refractivity contribution is 0.719. The molecule has 0 aromatic carbocycles. The number of H-pyrrole nitrogens is 2. The van der Waals surface area contributed by atoms with Gasteiger partial charge in [-0.25, -0.2) is 14.3 Å². The van der Waals surface area contributed by atoms with Gasteiger partial charge in [-0.05, 0) is 0 Å². The van der Waals surface area contributed by atoms with Crippen molar-refractivity contribution in [3.8, 4) is 0 Å². The Bertz CT molecular complexity index is 623. The Balaban J connectivity index is 2.90. The summed E-state index contributed by atoms with van der Waals surface area (Å²) in [6, 6.07) is 0. The SMILES string of the molecule is C=CC(Br)n1c(=O)[nH]c2nc[nH]c2c1=O. The second-order valence-electron chi connectivity index (χ2n) is 2.84. The number of halogens is 1. The Labute approximate surface area is 91.8 Å². The van der Waals surface area contributed by atoms with E-state index in [0.717, 1.165) is 4.57 Å². The van der Waals surface area contributed by atoms with Crippen molar-refractivity contribution in [3.05, 3.63) is 39.8 Å². The van der Waals surface area contributed by atoms with E-state index in [-0.39, 0.29) is 11.2 Å². The van der Waals surface area contributed by atoms with E-state index in [1.54, 1.807) is 0 Å². The number of alkyl halides is 1. The number of rotatable bonds is 2. The lowest BCUT2D eigenvalue weighted by Crippen LogP contribution is -2.35. The number of aromatic nitrogens is 4. The molecule has 0 saturated heterocycles. The van der Waals surface area contributed by atoms with E-state index in [1.807, 2.05) is 0 Å². The van der Waals surface area contributed by atoms with Crippen molar-refractivity contribution in [1.29, 1.82) is 0 Å². The van der Waals surface area contributed by atoms with E-state index < -0.39 is 16.2 Å². The van der Waals surface area contributed by atoms with Gasteiger partial charge in [-0.1, -0.05) is 22.0 Å². The number of hydrogen-bond donors (Lipinski definition) is 2. The number of imidazole rings is 1. The predicted molar refractivity (Wildman–Crippen MR) is 59.1 cm³/mol. The van der Waals surface area contributed by atoms with Crippen LogP contribution in [0, 0.1) is 0 Å². The van der Waals surface area contributed by atoms with Gasteiger partial charge < -0.3 is 4.98 Å². The van der Waals surface area contributed by atoms with Crippen LogP contribution in [-0.4, -0.2) is 19.5 Å². The van der Waals surface area contributed by atoms with Gasteiger partial charge in [0.15, 0.2) is 5.65 Å². The average Bonchev–Trinajstić information content (AvgIpc) is 2.65. The van der Waals surface area contributed by atoms with Crippen molar-refractivity contribution in [3.63, 3.8) is 0 Å². The summed E-state index contributed by atoms with van der Waals surface area (Å²) < 4.78 is 1.01. The summed E-state index contributed by atoms with van der Waals surface area (Å²) in [5.74, 6) is 0. The molecule has 78 valence electrons. The molecule has 0 spiro atoms. The monoisotopic (exact) mass is 270 g/mol. The molecule has 0 amide bonds. The van der Waals surface area contributed by atoms with Crippen LogP contribution >= 0.6 is 15.9 Å². The van der Waals surface area contributed by atoms with Crippen LogP contribution in [0.5, 0.6) is 0 Å². The highest BCUT2D eigenvalue weighted by Crippen LogP contribution is 2.10. The first-order chi connectivity index (χ1) is 7.15. The fraction of sp³-hybridized carbons (Fsp3) is 0.125. The van der Waals surface area contributed by atoms with Crippen molar-refractivity contribution in [2.24, 2.45) is 0 Å². The molecule has 0 fully saturated rings. The van der Waals surface area contributed by atoms with Gasteiger partial charge in [0, 0.05) is 0 Å². The second kappa shape index (κ2) is 3.50. The molecule has 2 rings (SSSR count). The van der Waals surface area contributed by atoms with Crippen molar-refractivity contribution in [2.75, 3.05) is 0 Å². The van der Waals surface area contributed by atoms with E-state index in [0.29, 0.717) is 0 Å². The highest BCUT2D eigenvalue weighted by molar-refractivity contribution is 9.09. The summed E-state index contributed by atoms with van der Waals surface area (Å²) in [7, 11) is 0. The fourth-order valence-corrected chi connectivity index (χ4v) is 1.63. The van der Waals surface area contributed by atoms with Gasteiger partial charge in [0.25, 0.3) is 5.56 Å². The van der Waals surface area contributed by atoms with Gasteiger partial charge in [0.2, 0.25) is 0 Å². The summed E-state index contributed by atoms with van der Waals surface area (Å²) in [6.07, 6.45) is 2.79. The lowest BCUT2D eigenvalue weighted by Gasteiger charge is -2.06. The molecular formula is C8H7BrN4O2. The number of nitrogens with one attached hydrogen (secondary N) is 2. The fourth-order valence-electron chi connectivity index (χ4n) is 1.26. The lowest BCUT2D eigenvalue weighted by atomic mass is 10.5. The Kier molecular flexibility index (Phi) is 2.31. The van der Waals surface area contributed by atoms with E-state index in [2.05, 4.69) is 37.5 Å². The molecule has 1 atom stereocenters. The van der Waals surface area contributed by atoms with Gasteiger partial charge in [-0.3, -0.25) is 9.78 Å². The first-order valence-electron chi connectivity index (χ1n) is 4.09. The van der Waals surface area contributed by atoms with Crippen LogP contribution in [0.25, 0.3) is 11.2 Å². The largest absolute Gasteiger partial charge is 0.339 e. The van der Waals surface area contributed by atoms with Gasteiger partial charge in [0.1, 0.15) is 10.5 Å². The van der Waals surface area contributed by atoms with Gasteiger partial charge in [-0.15, -0.1) is 6.58 Å². The van der Waals surface area contributed by atoms with Crippen LogP contribution in [0.3, 0.4) is 0 Å². The third-order valence-electron chi connectivity index (χ3n) is 1.96. The van der Waals surface area contributed by atoms with E-state index >= 15 is 0 Å². The standard InChI is InChI=1S/C8H7BrN4O2/c1-2-4(9)13-7(14)5-6(11-3-10-5)12-8(13)15/h2-4H,1H2,(H,10,11)(H,12,15). The first kappa shape index (κ1) is 9.91. The van der Waals surface area contributed by atoms with Crippen LogP contribution < -0.4 is 11.2 Å². The van der Waals surface area contributed by atoms with Crippen molar-refractivity contribution >= 4 is 27.1 Å². The molecule has 7 heteroatoms. The Morgan fingerprint density at radius 3 is 3.00 bits per heavy atom. The van der Waals surface area contributed by atoms with Gasteiger partial charge >= 0.3 is 5.69 Å². The zero-order valence-electron chi connectivity index (χ0n) is 7.53. The molecule has 6 nitrogen and oxygen atoms in total. The number of nitrogens with zero attached hydrogens (tertiary/aromatic N) is 2. The summed E-state index contributed by atoms with van der Waals surface area (Å²) >= 11 is 3.15. The molecule has 2 N–H and O–H groups in total. The summed E-state index contributed by atoms with van der Waals surface area (Å²) in [6.45, 7) is 3.50. The Hall–Kier alpha value is -1.63.